The number of rotatable bonds is 5. The molecule has 4 heteroatoms. The largest absolute Gasteiger partial charge is 0.352 e. The van der Waals surface area contributed by atoms with Crippen molar-refractivity contribution in [2.75, 3.05) is 19.6 Å². The molecule has 16 heavy (non-hydrogen) atoms. The quantitative estimate of drug-likeness (QED) is 0.541. The second-order valence-corrected chi connectivity index (χ2v) is 4.06. The second kappa shape index (κ2) is 6.87. The maximum absolute atomic E-state index is 11.6. The van der Waals surface area contributed by atoms with E-state index in [1.165, 1.54) is 12.8 Å². The lowest BCUT2D eigenvalue weighted by molar-refractivity contribution is -0.122. The van der Waals surface area contributed by atoms with E-state index < -0.39 is 0 Å². The Bertz CT molecular complexity index is 291. The average Bonchev–Trinajstić information content (AvgIpc) is 2.71. The Morgan fingerprint density at radius 3 is 2.69 bits per heavy atom. The highest BCUT2D eigenvalue weighted by molar-refractivity contribution is 5.78. The Morgan fingerprint density at radius 2 is 2.12 bits per heavy atom. The number of terminal acetylenes is 1. The Kier molecular flexibility index (Phi) is 5.39. The van der Waals surface area contributed by atoms with E-state index in [4.69, 9.17) is 11.7 Å². The normalized spacial score (nSPS) is 15.7. The molecule has 0 unspecified atom stereocenters. The van der Waals surface area contributed by atoms with Crippen molar-refractivity contribution < 1.29 is 4.79 Å². The molecular formula is C12H17N3O. The fraction of sp³-hybridized carbons (Fsp3) is 0.667. The summed E-state index contributed by atoms with van der Waals surface area (Å²) in [5.74, 6) is 2.42. The number of nitrogens with one attached hydrogen (secondary N) is 1. The van der Waals surface area contributed by atoms with Crippen LogP contribution in [0.15, 0.2) is 0 Å². The Hall–Kier alpha value is -1.52. The third-order valence-corrected chi connectivity index (χ3v) is 2.70. The minimum Gasteiger partial charge on any atom is -0.352 e. The van der Waals surface area contributed by atoms with Crippen LogP contribution in [0.5, 0.6) is 0 Å². The molecule has 4 nitrogen and oxygen atoms in total. The van der Waals surface area contributed by atoms with Gasteiger partial charge in [-0.25, -0.2) is 0 Å². The summed E-state index contributed by atoms with van der Waals surface area (Å²) in [6.45, 7) is 0.752. The van der Waals surface area contributed by atoms with E-state index in [1.54, 1.807) is 4.90 Å². The van der Waals surface area contributed by atoms with Crippen LogP contribution in [-0.4, -0.2) is 36.5 Å². The summed E-state index contributed by atoms with van der Waals surface area (Å²) in [5, 5.41) is 11.5. The molecule has 0 aromatic carbocycles. The highest BCUT2D eigenvalue weighted by Crippen LogP contribution is 2.17. The van der Waals surface area contributed by atoms with E-state index in [0.29, 0.717) is 12.6 Å². The van der Waals surface area contributed by atoms with Crippen molar-refractivity contribution in [3.05, 3.63) is 0 Å². The first-order chi connectivity index (χ1) is 7.76. The SMILES string of the molecule is C#CCN(CC#N)CC(=O)NC1CCCC1. The van der Waals surface area contributed by atoms with Gasteiger partial charge >= 0.3 is 0 Å². The highest BCUT2D eigenvalue weighted by Gasteiger charge is 2.18. The molecule has 0 aromatic rings. The fourth-order valence-electron chi connectivity index (χ4n) is 1.94. The van der Waals surface area contributed by atoms with Crippen molar-refractivity contribution in [2.45, 2.75) is 31.7 Å². The van der Waals surface area contributed by atoms with Gasteiger partial charge in [-0.15, -0.1) is 6.42 Å². The van der Waals surface area contributed by atoms with Crippen LogP contribution >= 0.6 is 0 Å². The smallest absolute Gasteiger partial charge is 0.234 e. The Balaban J connectivity index is 2.30. The summed E-state index contributed by atoms with van der Waals surface area (Å²) in [6, 6.07) is 2.32. The molecule has 0 atom stereocenters. The molecule has 0 aromatic heterocycles. The molecule has 1 N–H and O–H groups in total. The van der Waals surface area contributed by atoms with Crippen LogP contribution in [0, 0.1) is 23.7 Å². The number of carbonyl (C=O) groups excluding carboxylic acids is 1. The number of hydrogen-bond acceptors (Lipinski definition) is 3. The van der Waals surface area contributed by atoms with E-state index in [-0.39, 0.29) is 19.0 Å². The third-order valence-electron chi connectivity index (χ3n) is 2.70. The molecule has 86 valence electrons. The molecule has 0 heterocycles. The summed E-state index contributed by atoms with van der Waals surface area (Å²) in [4.78, 5) is 13.3. The molecule has 0 radical (unpaired) electrons. The predicted molar refractivity (Wildman–Crippen MR) is 61.3 cm³/mol. The average molecular weight is 219 g/mol. The van der Waals surface area contributed by atoms with Crippen LogP contribution in [0.1, 0.15) is 25.7 Å². The zero-order valence-electron chi connectivity index (χ0n) is 9.41. The molecule has 1 amide bonds. The summed E-state index contributed by atoms with van der Waals surface area (Å²) in [7, 11) is 0. The van der Waals surface area contributed by atoms with Gasteiger partial charge in [0.15, 0.2) is 0 Å². The predicted octanol–water partition coefficient (Wildman–Crippen LogP) is 0.504. The van der Waals surface area contributed by atoms with Gasteiger partial charge in [0, 0.05) is 6.04 Å². The van der Waals surface area contributed by atoms with Crippen LogP contribution < -0.4 is 5.32 Å². The van der Waals surface area contributed by atoms with Gasteiger partial charge < -0.3 is 5.32 Å². The van der Waals surface area contributed by atoms with Crippen molar-refractivity contribution >= 4 is 5.91 Å². The Labute approximate surface area is 96.6 Å². The molecule has 1 saturated carbocycles. The third kappa shape index (κ3) is 4.33. The van der Waals surface area contributed by atoms with Gasteiger partial charge in [0.05, 0.1) is 25.7 Å². The fourth-order valence-corrected chi connectivity index (χ4v) is 1.94. The number of carbonyl (C=O) groups is 1. The van der Waals surface area contributed by atoms with Crippen molar-refractivity contribution in [3.63, 3.8) is 0 Å². The van der Waals surface area contributed by atoms with Gasteiger partial charge in [-0.05, 0) is 12.8 Å². The zero-order valence-corrected chi connectivity index (χ0v) is 9.41. The van der Waals surface area contributed by atoms with Gasteiger partial charge in [0.1, 0.15) is 0 Å². The summed E-state index contributed by atoms with van der Waals surface area (Å²) < 4.78 is 0. The van der Waals surface area contributed by atoms with E-state index in [0.717, 1.165) is 12.8 Å². The number of hydrogen-bond donors (Lipinski definition) is 1. The number of amides is 1. The van der Waals surface area contributed by atoms with Gasteiger partial charge in [-0.2, -0.15) is 5.26 Å². The van der Waals surface area contributed by atoms with Crippen molar-refractivity contribution in [1.29, 1.82) is 5.26 Å². The van der Waals surface area contributed by atoms with Crippen molar-refractivity contribution in [2.24, 2.45) is 0 Å². The highest BCUT2D eigenvalue weighted by atomic mass is 16.2. The standard InChI is InChI=1S/C12H17N3O/c1-2-8-15(9-7-13)10-12(16)14-11-5-3-4-6-11/h1,11H,3-6,8-10H2,(H,14,16). The van der Waals surface area contributed by atoms with E-state index in [9.17, 15) is 4.79 Å². The molecule has 0 aliphatic heterocycles. The summed E-state index contributed by atoms with van der Waals surface area (Å²) in [5.41, 5.74) is 0. The monoisotopic (exact) mass is 219 g/mol. The van der Waals surface area contributed by atoms with Gasteiger partial charge in [-0.1, -0.05) is 18.8 Å². The molecule has 1 rings (SSSR count). The van der Waals surface area contributed by atoms with Crippen LogP contribution in [0.25, 0.3) is 0 Å². The molecule has 0 spiro atoms. The summed E-state index contributed by atoms with van der Waals surface area (Å²) in [6.07, 6.45) is 9.69. The Morgan fingerprint density at radius 1 is 1.44 bits per heavy atom. The first-order valence-electron chi connectivity index (χ1n) is 5.58. The molecule has 1 fully saturated rings. The van der Waals surface area contributed by atoms with E-state index >= 15 is 0 Å². The first kappa shape index (κ1) is 12.5. The lowest BCUT2D eigenvalue weighted by Crippen LogP contribution is -2.41. The minimum absolute atomic E-state index is 0.0302. The van der Waals surface area contributed by atoms with Gasteiger partial charge in [-0.3, -0.25) is 9.69 Å². The molecule has 0 saturated heterocycles. The van der Waals surface area contributed by atoms with E-state index in [1.807, 2.05) is 6.07 Å². The maximum atomic E-state index is 11.6. The molecule has 1 aliphatic carbocycles. The lowest BCUT2D eigenvalue weighted by atomic mass is 10.2. The zero-order chi connectivity index (χ0) is 11.8. The summed E-state index contributed by atoms with van der Waals surface area (Å²) >= 11 is 0. The van der Waals surface area contributed by atoms with Crippen LogP contribution in [0.2, 0.25) is 0 Å². The van der Waals surface area contributed by atoms with Gasteiger partial charge in [0.2, 0.25) is 5.91 Å². The second-order valence-electron chi connectivity index (χ2n) is 4.06. The van der Waals surface area contributed by atoms with Gasteiger partial charge in [0.25, 0.3) is 0 Å². The minimum atomic E-state index is -0.0302. The van der Waals surface area contributed by atoms with Crippen LogP contribution in [0.3, 0.4) is 0 Å². The molecule has 1 aliphatic rings. The number of nitriles is 1. The lowest BCUT2D eigenvalue weighted by Gasteiger charge is -2.17. The van der Waals surface area contributed by atoms with Crippen molar-refractivity contribution in [1.82, 2.24) is 10.2 Å². The van der Waals surface area contributed by atoms with Crippen LogP contribution in [-0.2, 0) is 4.79 Å². The molecular weight excluding hydrogens is 202 g/mol. The van der Waals surface area contributed by atoms with Crippen LogP contribution in [0.4, 0.5) is 0 Å². The van der Waals surface area contributed by atoms with Crippen molar-refractivity contribution in [3.8, 4) is 18.4 Å². The maximum Gasteiger partial charge on any atom is 0.234 e. The number of nitrogens with zero attached hydrogens (tertiary/aromatic N) is 2. The van der Waals surface area contributed by atoms with E-state index in [2.05, 4.69) is 11.2 Å². The topological polar surface area (TPSA) is 56.1 Å². The molecule has 0 bridgehead atoms. The first-order valence-corrected chi connectivity index (χ1v) is 5.58.